The van der Waals surface area contributed by atoms with E-state index in [1.807, 2.05) is 0 Å². The van der Waals surface area contributed by atoms with E-state index in [2.05, 4.69) is 15.1 Å². The number of benzene rings is 1. The van der Waals surface area contributed by atoms with E-state index >= 15 is 0 Å². The second kappa shape index (κ2) is 4.49. The van der Waals surface area contributed by atoms with Gasteiger partial charge >= 0.3 is 6.01 Å². The normalized spacial score (nSPS) is 15.3. The van der Waals surface area contributed by atoms with E-state index in [4.69, 9.17) is 21.8 Å². The molecule has 0 radical (unpaired) electrons. The Bertz CT molecular complexity index is 563. The number of nitrogen functional groups attached to an aromatic ring is 1. The van der Waals surface area contributed by atoms with Crippen molar-refractivity contribution >= 4 is 23.3 Å². The Morgan fingerprint density at radius 2 is 2.00 bits per heavy atom. The van der Waals surface area contributed by atoms with Crippen molar-refractivity contribution in [1.82, 2.24) is 10.2 Å². The highest BCUT2D eigenvalue weighted by molar-refractivity contribution is 6.33. The second-order valence-electron chi connectivity index (χ2n) is 4.32. The first-order chi connectivity index (χ1) is 8.74. The highest BCUT2D eigenvalue weighted by atomic mass is 35.5. The lowest BCUT2D eigenvalue weighted by molar-refractivity contribution is 0.557. The van der Waals surface area contributed by atoms with Gasteiger partial charge in [-0.15, -0.1) is 5.10 Å². The largest absolute Gasteiger partial charge is 0.403 e. The van der Waals surface area contributed by atoms with E-state index in [-0.39, 0.29) is 0 Å². The van der Waals surface area contributed by atoms with Gasteiger partial charge in [-0.05, 0) is 31.0 Å². The zero-order valence-corrected chi connectivity index (χ0v) is 10.5. The minimum Gasteiger partial charge on any atom is -0.403 e. The molecule has 94 valence electrons. The van der Waals surface area contributed by atoms with Gasteiger partial charge in [0.1, 0.15) is 0 Å². The molecule has 5 nitrogen and oxygen atoms in total. The van der Waals surface area contributed by atoms with Crippen LogP contribution >= 0.6 is 11.6 Å². The molecule has 0 spiro atoms. The van der Waals surface area contributed by atoms with Crippen molar-refractivity contribution in [2.75, 3.05) is 23.7 Å². The molecule has 1 aliphatic heterocycles. The van der Waals surface area contributed by atoms with Crippen molar-refractivity contribution < 1.29 is 4.42 Å². The Hall–Kier alpha value is -1.75. The number of aromatic nitrogens is 2. The van der Waals surface area contributed by atoms with E-state index in [0.29, 0.717) is 28.2 Å². The summed E-state index contributed by atoms with van der Waals surface area (Å²) in [5.41, 5.74) is 7.03. The van der Waals surface area contributed by atoms with Crippen molar-refractivity contribution in [3.63, 3.8) is 0 Å². The number of rotatable bonds is 2. The summed E-state index contributed by atoms with van der Waals surface area (Å²) in [5.74, 6) is 0.411. The SMILES string of the molecule is Nc1ccc(Cl)c(-c2nnc(N3CCCC3)o2)c1. The topological polar surface area (TPSA) is 68.2 Å². The maximum atomic E-state index is 6.10. The molecule has 18 heavy (non-hydrogen) atoms. The first-order valence-electron chi connectivity index (χ1n) is 5.88. The third-order valence-corrected chi connectivity index (χ3v) is 3.34. The molecule has 1 aromatic carbocycles. The summed E-state index contributed by atoms with van der Waals surface area (Å²) in [6.45, 7) is 1.93. The lowest BCUT2D eigenvalue weighted by atomic mass is 10.2. The third-order valence-electron chi connectivity index (χ3n) is 3.01. The first-order valence-corrected chi connectivity index (χ1v) is 6.26. The Morgan fingerprint density at radius 3 is 2.78 bits per heavy atom. The van der Waals surface area contributed by atoms with E-state index in [9.17, 15) is 0 Å². The summed E-state index contributed by atoms with van der Waals surface area (Å²) in [6.07, 6.45) is 2.33. The average molecular weight is 265 g/mol. The van der Waals surface area contributed by atoms with Gasteiger partial charge in [0.05, 0.1) is 10.6 Å². The molecule has 0 amide bonds. The summed E-state index contributed by atoms with van der Waals surface area (Å²) in [6, 6.07) is 5.76. The number of nitrogens with zero attached hydrogens (tertiary/aromatic N) is 3. The Balaban J connectivity index is 1.94. The summed E-state index contributed by atoms with van der Waals surface area (Å²) < 4.78 is 5.65. The van der Waals surface area contributed by atoms with Gasteiger partial charge in [-0.1, -0.05) is 16.7 Å². The minimum atomic E-state index is 0.411. The maximum Gasteiger partial charge on any atom is 0.318 e. The molecule has 0 aliphatic carbocycles. The second-order valence-corrected chi connectivity index (χ2v) is 4.73. The highest BCUT2D eigenvalue weighted by Gasteiger charge is 2.19. The number of hydrogen-bond donors (Lipinski definition) is 1. The molecule has 2 heterocycles. The van der Waals surface area contributed by atoms with Crippen molar-refractivity contribution in [3.05, 3.63) is 23.2 Å². The molecule has 0 atom stereocenters. The molecule has 1 fully saturated rings. The molecule has 1 saturated heterocycles. The van der Waals surface area contributed by atoms with Crippen LogP contribution in [-0.4, -0.2) is 23.3 Å². The summed E-state index contributed by atoms with van der Waals surface area (Å²) in [7, 11) is 0. The number of halogens is 1. The van der Waals surface area contributed by atoms with Gasteiger partial charge in [0, 0.05) is 18.8 Å². The molecule has 1 aromatic heterocycles. The van der Waals surface area contributed by atoms with Crippen LogP contribution < -0.4 is 10.6 Å². The van der Waals surface area contributed by atoms with Gasteiger partial charge in [0.15, 0.2) is 0 Å². The fourth-order valence-corrected chi connectivity index (χ4v) is 2.27. The summed E-state index contributed by atoms with van der Waals surface area (Å²) >= 11 is 6.10. The van der Waals surface area contributed by atoms with Crippen molar-refractivity contribution in [1.29, 1.82) is 0 Å². The molecule has 0 unspecified atom stereocenters. The zero-order valence-electron chi connectivity index (χ0n) is 9.77. The molecular formula is C12H13ClN4O. The van der Waals surface area contributed by atoms with Gasteiger partial charge in [-0.3, -0.25) is 0 Å². The van der Waals surface area contributed by atoms with Crippen LogP contribution in [-0.2, 0) is 0 Å². The minimum absolute atomic E-state index is 0.411. The van der Waals surface area contributed by atoms with Crippen LogP contribution in [0.4, 0.5) is 11.7 Å². The number of hydrogen-bond acceptors (Lipinski definition) is 5. The van der Waals surface area contributed by atoms with Crippen LogP contribution in [0.1, 0.15) is 12.8 Å². The van der Waals surface area contributed by atoms with Gasteiger partial charge < -0.3 is 15.1 Å². The van der Waals surface area contributed by atoms with Gasteiger partial charge in [0.25, 0.3) is 5.89 Å². The summed E-state index contributed by atoms with van der Waals surface area (Å²) in [5, 5.41) is 8.65. The predicted molar refractivity (Wildman–Crippen MR) is 70.6 cm³/mol. The fourth-order valence-electron chi connectivity index (χ4n) is 2.07. The zero-order chi connectivity index (χ0) is 12.5. The molecule has 2 N–H and O–H groups in total. The van der Waals surface area contributed by atoms with E-state index in [1.165, 1.54) is 0 Å². The maximum absolute atomic E-state index is 6.10. The smallest absolute Gasteiger partial charge is 0.318 e. The van der Waals surface area contributed by atoms with Gasteiger partial charge in [0.2, 0.25) is 0 Å². The third kappa shape index (κ3) is 2.01. The Morgan fingerprint density at radius 1 is 1.22 bits per heavy atom. The van der Waals surface area contributed by atoms with Crippen LogP contribution in [0.15, 0.2) is 22.6 Å². The van der Waals surface area contributed by atoms with Crippen LogP contribution in [0.25, 0.3) is 11.5 Å². The van der Waals surface area contributed by atoms with Crippen LogP contribution in [0.2, 0.25) is 5.02 Å². The van der Waals surface area contributed by atoms with Crippen LogP contribution in [0.5, 0.6) is 0 Å². The summed E-state index contributed by atoms with van der Waals surface area (Å²) in [4.78, 5) is 2.08. The molecule has 3 rings (SSSR count). The molecule has 6 heteroatoms. The van der Waals surface area contributed by atoms with Gasteiger partial charge in [-0.25, -0.2) is 0 Å². The highest BCUT2D eigenvalue weighted by Crippen LogP contribution is 2.30. The van der Waals surface area contributed by atoms with Crippen LogP contribution in [0, 0.1) is 0 Å². The average Bonchev–Trinajstić information content (AvgIpc) is 3.00. The first kappa shape index (κ1) is 11.3. The Labute approximate surface area is 110 Å². The molecule has 1 aliphatic rings. The van der Waals surface area contributed by atoms with E-state index in [1.54, 1.807) is 18.2 Å². The van der Waals surface area contributed by atoms with Crippen molar-refractivity contribution in [2.24, 2.45) is 0 Å². The van der Waals surface area contributed by atoms with Crippen molar-refractivity contribution in [3.8, 4) is 11.5 Å². The van der Waals surface area contributed by atoms with E-state index in [0.717, 1.165) is 25.9 Å². The van der Waals surface area contributed by atoms with Crippen molar-refractivity contribution in [2.45, 2.75) is 12.8 Å². The Kier molecular flexibility index (Phi) is 2.83. The molecule has 0 bridgehead atoms. The molecular weight excluding hydrogens is 252 g/mol. The number of anilines is 2. The number of nitrogens with two attached hydrogens (primary N) is 1. The van der Waals surface area contributed by atoms with E-state index < -0.39 is 0 Å². The molecule has 2 aromatic rings. The fraction of sp³-hybridized carbons (Fsp3) is 0.333. The predicted octanol–water partition coefficient (Wildman–Crippen LogP) is 2.57. The van der Waals surface area contributed by atoms with Gasteiger partial charge in [-0.2, -0.15) is 0 Å². The lowest BCUT2D eigenvalue weighted by Crippen LogP contribution is -2.17. The van der Waals surface area contributed by atoms with Crippen LogP contribution in [0.3, 0.4) is 0 Å². The molecule has 0 saturated carbocycles. The monoisotopic (exact) mass is 264 g/mol. The quantitative estimate of drug-likeness (QED) is 0.845. The standard InChI is InChI=1S/C12H13ClN4O/c13-10-4-3-8(14)7-9(10)11-15-16-12(18-11)17-5-1-2-6-17/h3-4,7H,1-2,5-6,14H2. The lowest BCUT2D eigenvalue weighted by Gasteiger charge is -2.09.